The molecule has 2 N–H and O–H groups in total. The average molecular weight is 196 g/mol. The molecule has 2 aliphatic carbocycles. The Morgan fingerprint density at radius 3 is 2.64 bits per heavy atom. The van der Waals surface area contributed by atoms with Gasteiger partial charge >= 0.3 is 0 Å². The Morgan fingerprint density at radius 1 is 1.29 bits per heavy atom. The van der Waals surface area contributed by atoms with Crippen LogP contribution < -0.4 is 10.6 Å². The summed E-state index contributed by atoms with van der Waals surface area (Å²) in [6.07, 6.45) is 5.96. The summed E-state index contributed by atoms with van der Waals surface area (Å²) < 4.78 is 0. The molecule has 0 aromatic rings. The minimum absolute atomic E-state index is 0.290. The molecule has 3 heteroatoms. The maximum atomic E-state index is 11.4. The third kappa shape index (κ3) is 2.47. The van der Waals surface area contributed by atoms with Crippen LogP contribution in [-0.2, 0) is 4.79 Å². The molecule has 2 unspecified atom stereocenters. The van der Waals surface area contributed by atoms with Crippen LogP contribution in [0.1, 0.15) is 32.1 Å². The Hall–Kier alpha value is -0.570. The lowest BCUT2D eigenvalue weighted by atomic mass is 10.1. The second-order valence-corrected chi connectivity index (χ2v) is 4.68. The molecule has 0 heterocycles. The number of carbonyl (C=O) groups excluding carboxylic acids is 1. The molecule has 2 aliphatic rings. The fraction of sp³-hybridized carbons (Fsp3) is 0.909. The monoisotopic (exact) mass is 196 g/mol. The molecule has 2 rings (SSSR count). The van der Waals surface area contributed by atoms with E-state index in [1.54, 1.807) is 0 Å². The topological polar surface area (TPSA) is 41.1 Å². The largest absolute Gasteiger partial charge is 0.356 e. The third-order valence-corrected chi connectivity index (χ3v) is 3.46. The zero-order chi connectivity index (χ0) is 9.97. The number of amides is 1. The Labute approximate surface area is 85.6 Å². The predicted molar refractivity (Wildman–Crippen MR) is 55.9 cm³/mol. The molecular formula is C11H20N2O. The van der Waals surface area contributed by atoms with E-state index in [9.17, 15) is 4.79 Å². The van der Waals surface area contributed by atoms with Crippen LogP contribution in [0.3, 0.4) is 0 Å². The smallest absolute Gasteiger partial charge is 0.223 e. The Bertz CT molecular complexity index is 213. The maximum Gasteiger partial charge on any atom is 0.223 e. The summed E-state index contributed by atoms with van der Waals surface area (Å²) >= 11 is 0. The summed E-state index contributed by atoms with van der Waals surface area (Å²) in [7, 11) is 2.02. The molecule has 80 valence electrons. The third-order valence-electron chi connectivity index (χ3n) is 3.46. The van der Waals surface area contributed by atoms with E-state index in [2.05, 4.69) is 10.6 Å². The van der Waals surface area contributed by atoms with Crippen LogP contribution in [0.5, 0.6) is 0 Å². The van der Waals surface area contributed by atoms with Gasteiger partial charge in [-0.1, -0.05) is 0 Å². The van der Waals surface area contributed by atoms with Crippen LogP contribution in [-0.4, -0.2) is 25.5 Å². The van der Waals surface area contributed by atoms with Crippen LogP contribution in [0.2, 0.25) is 0 Å². The highest BCUT2D eigenvalue weighted by Gasteiger charge is 2.30. The van der Waals surface area contributed by atoms with Crippen molar-refractivity contribution < 1.29 is 4.79 Å². The molecule has 0 radical (unpaired) electrons. The van der Waals surface area contributed by atoms with Gasteiger partial charge in [-0.2, -0.15) is 0 Å². The van der Waals surface area contributed by atoms with Gasteiger partial charge in [-0.25, -0.2) is 0 Å². The lowest BCUT2D eigenvalue weighted by Crippen LogP contribution is -2.30. The van der Waals surface area contributed by atoms with Crippen molar-refractivity contribution in [3.05, 3.63) is 0 Å². The summed E-state index contributed by atoms with van der Waals surface area (Å²) in [4.78, 5) is 11.4. The second kappa shape index (κ2) is 4.30. The van der Waals surface area contributed by atoms with E-state index in [0.717, 1.165) is 19.4 Å². The summed E-state index contributed by atoms with van der Waals surface area (Å²) in [6.45, 7) is 0.896. The van der Waals surface area contributed by atoms with Crippen LogP contribution in [0.15, 0.2) is 0 Å². The first-order valence-electron chi connectivity index (χ1n) is 5.74. The molecular weight excluding hydrogens is 176 g/mol. The van der Waals surface area contributed by atoms with E-state index in [4.69, 9.17) is 0 Å². The number of rotatable bonds is 4. The van der Waals surface area contributed by atoms with E-state index in [-0.39, 0.29) is 5.91 Å². The average Bonchev–Trinajstić information content (AvgIpc) is 2.94. The summed E-state index contributed by atoms with van der Waals surface area (Å²) in [5, 5.41) is 6.37. The fourth-order valence-corrected chi connectivity index (χ4v) is 2.26. The van der Waals surface area contributed by atoms with Crippen LogP contribution in [0.4, 0.5) is 0 Å². The van der Waals surface area contributed by atoms with Gasteiger partial charge in [-0.3, -0.25) is 4.79 Å². The highest BCUT2D eigenvalue weighted by molar-refractivity contribution is 5.80. The van der Waals surface area contributed by atoms with E-state index in [0.29, 0.717) is 17.9 Å². The van der Waals surface area contributed by atoms with Crippen LogP contribution >= 0.6 is 0 Å². The first kappa shape index (κ1) is 9.97. The Kier molecular flexibility index (Phi) is 3.06. The van der Waals surface area contributed by atoms with Gasteiger partial charge in [0.05, 0.1) is 0 Å². The number of hydrogen-bond acceptors (Lipinski definition) is 2. The minimum Gasteiger partial charge on any atom is -0.356 e. The van der Waals surface area contributed by atoms with Gasteiger partial charge in [0.1, 0.15) is 0 Å². The normalized spacial score (nSPS) is 31.8. The molecule has 0 saturated heterocycles. The lowest BCUT2D eigenvalue weighted by Gasteiger charge is -2.11. The van der Waals surface area contributed by atoms with E-state index < -0.39 is 0 Å². The van der Waals surface area contributed by atoms with Crippen molar-refractivity contribution in [1.82, 2.24) is 10.6 Å². The van der Waals surface area contributed by atoms with E-state index in [1.165, 1.54) is 19.3 Å². The highest BCUT2D eigenvalue weighted by Crippen LogP contribution is 2.29. The zero-order valence-electron chi connectivity index (χ0n) is 8.88. The van der Waals surface area contributed by atoms with Crippen molar-refractivity contribution in [2.75, 3.05) is 13.6 Å². The van der Waals surface area contributed by atoms with Gasteiger partial charge in [0.2, 0.25) is 5.91 Å². The van der Waals surface area contributed by atoms with Gasteiger partial charge in [-0.15, -0.1) is 0 Å². The summed E-state index contributed by atoms with van der Waals surface area (Å²) in [5.74, 6) is 1.35. The van der Waals surface area contributed by atoms with Gasteiger partial charge in [-0.05, 0) is 45.1 Å². The molecule has 1 amide bonds. The van der Waals surface area contributed by atoms with E-state index in [1.807, 2.05) is 7.05 Å². The van der Waals surface area contributed by atoms with Gasteiger partial charge in [0.15, 0.2) is 0 Å². The number of nitrogens with one attached hydrogen (secondary N) is 2. The predicted octanol–water partition coefficient (Wildman–Crippen LogP) is 0.901. The van der Waals surface area contributed by atoms with E-state index >= 15 is 0 Å². The Balaban J connectivity index is 1.63. The van der Waals surface area contributed by atoms with Crippen molar-refractivity contribution in [3.63, 3.8) is 0 Å². The molecule has 14 heavy (non-hydrogen) atoms. The summed E-state index contributed by atoms with van der Waals surface area (Å²) in [6, 6.07) is 0.679. The molecule has 0 aromatic heterocycles. The van der Waals surface area contributed by atoms with Gasteiger partial charge < -0.3 is 10.6 Å². The standard InChI is InChI=1S/C11H20N2O/c1-12-10-5-2-8(6-10)7-13-11(14)9-3-4-9/h8-10,12H,2-7H2,1H3,(H,13,14). The minimum atomic E-state index is 0.290. The molecule has 2 atom stereocenters. The molecule has 0 aliphatic heterocycles. The van der Waals surface area contributed by atoms with Crippen LogP contribution in [0, 0.1) is 11.8 Å². The summed E-state index contributed by atoms with van der Waals surface area (Å²) in [5.41, 5.74) is 0. The molecule has 3 nitrogen and oxygen atoms in total. The van der Waals surface area contributed by atoms with Crippen molar-refractivity contribution in [3.8, 4) is 0 Å². The zero-order valence-corrected chi connectivity index (χ0v) is 8.88. The van der Waals surface area contributed by atoms with Gasteiger partial charge in [0, 0.05) is 18.5 Å². The molecule has 0 bridgehead atoms. The number of hydrogen-bond donors (Lipinski definition) is 2. The molecule has 0 spiro atoms. The fourth-order valence-electron chi connectivity index (χ4n) is 2.26. The van der Waals surface area contributed by atoms with Crippen molar-refractivity contribution in [1.29, 1.82) is 0 Å². The van der Waals surface area contributed by atoms with Gasteiger partial charge in [0.25, 0.3) is 0 Å². The highest BCUT2D eigenvalue weighted by atomic mass is 16.2. The molecule has 2 saturated carbocycles. The molecule has 0 aromatic carbocycles. The SMILES string of the molecule is CNC1CCC(CNC(=O)C2CC2)C1. The first-order chi connectivity index (χ1) is 6.79. The lowest BCUT2D eigenvalue weighted by molar-refractivity contribution is -0.122. The number of carbonyl (C=O) groups is 1. The molecule has 2 fully saturated rings. The quantitative estimate of drug-likeness (QED) is 0.701. The first-order valence-corrected chi connectivity index (χ1v) is 5.74. The maximum absolute atomic E-state index is 11.4. The van der Waals surface area contributed by atoms with Crippen LogP contribution in [0.25, 0.3) is 0 Å². The van der Waals surface area contributed by atoms with Crippen molar-refractivity contribution >= 4 is 5.91 Å². The van der Waals surface area contributed by atoms with Crippen molar-refractivity contribution in [2.24, 2.45) is 11.8 Å². The second-order valence-electron chi connectivity index (χ2n) is 4.68. The Morgan fingerprint density at radius 2 is 2.07 bits per heavy atom. The van der Waals surface area contributed by atoms with Crippen molar-refractivity contribution in [2.45, 2.75) is 38.1 Å².